The van der Waals surface area contributed by atoms with Crippen molar-refractivity contribution in [3.8, 4) is 11.1 Å². The van der Waals surface area contributed by atoms with E-state index in [-0.39, 0.29) is 0 Å². The zero-order valence-corrected chi connectivity index (χ0v) is 19.2. The number of halogens is 1. The number of anilines is 1. The Balaban J connectivity index is 1.55. The number of likely N-dealkylation sites (N-methyl/N-ethyl adjacent to an activating group) is 1. The van der Waals surface area contributed by atoms with Crippen molar-refractivity contribution in [1.29, 1.82) is 0 Å². The highest BCUT2D eigenvalue weighted by atomic mass is 35.5. The van der Waals surface area contributed by atoms with Crippen LogP contribution in [0.3, 0.4) is 0 Å². The monoisotopic (exact) mass is 448 g/mol. The number of aryl methyl sites for hydroxylation is 2. The van der Waals surface area contributed by atoms with E-state index in [2.05, 4.69) is 57.5 Å². The fraction of sp³-hybridized carbons (Fsp3) is 0.320. The lowest BCUT2D eigenvalue weighted by Crippen LogP contribution is -2.26. The van der Waals surface area contributed by atoms with Gasteiger partial charge in [0.05, 0.1) is 5.39 Å². The van der Waals surface area contributed by atoms with Gasteiger partial charge < -0.3 is 4.90 Å². The zero-order valence-electron chi connectivity index (χ0n) is 17.6. The first-order valence-electron chi connectivity index (χ1n) is 10.9. The largest absolute Gasteiger partial charge is 0.356 e. The summed E-state index contributed by atoms with van der Waals surface area (Å²) in [7, 11) is 0. The van der Waals surface area contributed by atoms with Crippen molar-refractivity contribution in [2.45, 2.75) is 39.0 Å². The molecule has 1 aromatic carbocycles. The van der Waals surface area contributed by atoms with E-state index < -0.39 is 0 Å². The number of hydrogen-bond acceptors (Lipinski definition) is 5. The molecule has 0 N–H and O–H groups in total. The van der Waals surface area contributed by atoms with E-state index in [1.807, 2.05) is 12.4 Å². The van der Waals surface area contributed by atoms with Gasteiger partial charge in [0, 0.05) is 36.4 Å². The molecular formula is C25H25ClN4S. The molecule has 0 radical (unpaired) electrons. The van der Waals surface area contributed by atoms with Gasteiger partial charge in [0.15, 0.2) is 0 Å². The SMILES string of the molecule is CCN(CCc1ccncc1)c1nc(Cl)nc2scc(-c3ccc4c(c3)CCCC4)c12. The quantitative estimate of drug-likeness (QED) is 0.322. The lowest BCUT2D eigenvalue weighted by molar-refractivity contribution is 0.686. The van der Waals surface area contributed by atoms with Gasteiger partial charge >= 0.3 is 0 Å². The minimum atomic E-state index is 0.309. The molecule has 3 aromatic heterocycles. The third-order valence-corrected chi connectivity index (χ3v) is 7.19. The number of thiophene rings is 1. The fourth-order valence-corrected chi connectivity index (χ4v) is 5.62. The van der Waals surface area contributed by atoms with E-state index >= 15 is 0 Å². The summed E-state index contributed by atoms with van der Waals surface area (Å²) >= 11 is 7.99. The van der Waals surface area contributed by atoms with Gasteiger partial charge in [0.25, 0.3) is 0 Å². The van der Waals surface area contributed by atoms with Crippen molar-refractivity contribution in [3.63, 3.8) is 0 Å². The molecule has 0 atom stereocenters. The Bertz CT molecular complexity index is 1210. The normalized spacial score (nSPS) is 13.4. The van der Waals surface area contributed by atoms with Crippen molar-refractivity contribution in [2.75, 3.05) is 18.0 Å². The van der Waals surface area contributed by atoms with E-state index in [1.165, 1.54) is 53.5 Å². The second-order valence-electron chi connectivity index (χ2n) is 8.02. The Morgan fingerprint density at radius 3 is 2.65 bits per heavy atom. The van der Waals surface area contributed by atoms with Gasteiger partial charge in [0.2, 0.25) is 5.28 Å². The van der Waals surface area contributed by atoms with Crippen LogP contribution < -0.4 is 4.90 Å². The second-order valence-corrected chi connectivity index (χ2v) is 9.22. The summed E-state index contributed by atoms with van der Waals surface area (Å²) in [6.07, 6.45) is 9.57. The minimum absolute atomic E-state index is 0.309. The van der Waals surface area contributed by atoms with Gasteiger partial charge in [-0.3, -0.25) is 4.98 Å². The standard InChI is InChI=1S/C25H25ClN4S/c1-2-30(14-11-17-9-12-27-13-10-17)23-22-21(16-31-24(22)29-25(26)28-23)20-8-7-18-5-3-4-6-19(18)15-20/h7-10,12-13,15-16H,2-6,11,14H2,1H3. The average Bonchev–Trinajstić information content (AvgIpc) is 3.23. The molecule has 0 saturated heterocycles. The van der Waals surface area contributed by atoms with Crippen LogP contribution in [0.15, 0.2) is 48.1 Å². The van der Waals surface area contributed by atoms with Gasteiger partial charge in [-0.15, -0.1) is 11.3 Å². The van der Waals surface area contributed by atoms with Gasteiger partial charge in [-0.05, 0) is 85.0 Å². The summed E-state index contributed by atoms with van der Waals surface area (Å²) in [4.78, 5) is 16.6. The highest BCUT2D eigenvalue weighted by Gasteiger charge is 2.20. The molecule has 4 nitrogen and oxygen atoms in total. The smallest absolute Gasteiger partial charge is 0.225 e. The van der Waals surface area contributed by atoms with Crippen LogP contribution in [0, 0.1) is 0 Å². The van der Waals surface area contributed by atoms with E-state index in [0.717, 1.165) is 35.5 Å². The molecule has 0 amide bonds. The van der Waals surface area contributed by atoms with Crippen LogP contribution >= 0.6 is 22.9 Å². The van der Waals surface area contributed by atoms with E-state index in [4.69, 9.17) is 16.6 Å². The van der Waals surface area contributed by atoms with Crippen LogP contribution in [0.25, 0.3) is 21.3 Å². The lowest BCUT2D eigenvalue weighted by atomic mass is 9.89. The number of benzene rings is 1. The summed E-state index contributed by atoms with van der Waals surface area (Å²) in [5.74, 6) is 0.931. The molecule has 0 aliphatic heterocycles. The van der Waals surface area contributed by atoms with Crippen LogP contribution in [0.2, 0.25) is 5.28 Å². The van der Waals surface area contributed by atoms with Crippen molar-refractivity contribution in [1.82, 2.24) is 15.0 Å². The summed E-state index contributed by atoms with van der Waals surface area (Å²) in [5.41, 5.74) is 6.72. The third-order valence-electron chi connectivity index (χ3n) is 6.15. The molecule has 0 saturated carbocycles. The Morgan fingerprint density at radius 2 is 1.84 bits per heavy atom. The first kappa shape index (κ1) is 20.4. The van der Waals surface area contributed by atoms with Gasteiger partial charge in [0.1, 0.15) is 10.6 Å². The molecule has 158 valence electrons. The first-order valence-corrected chi connectivity index (χ1v) is 12.2. The van der Waals surface area contributed by atoms with Crippen molar-refractivity contribution in [3.05, 3.63) is 70.1 Å². The molecule has 0 unspecified atom stereocenters. The molecule has 0 bridgehead atoms. The molecule has 31 heavy (non-hydrogen) atoms. The molecule has 1 aliphatic rings. The number of nitrogens with zero attached hydrogens (tertiary/aromatic N) is 4. The minimum Gasteiger partial charge on any atom is -0.356 e. The maximum atomic E-state index is 6.34. The van der Waals surface area contributed by atoms with Crippen molar-refractivity contribution < 1.29 is 0 Å². The second kappa shape index (κ2) is 8.93. The fourth-order valence-electron chi connectivity index (χ4n) is 4.47. The molecular weight excluding hydrogens is 424 g/mol. The highest BCUT2D eigenvalue weighted by molar-refractivity contribution is 7.17. The summed E-state index contributed by atoms with van der Waals surface area (Å²) in [6.45, 7) is 3.88. The van der Waals surface area contributed by atoms with Crippen LogP contribution in [0.5, 0.6) is 0 Å². The maximum absolute atomic E-state index is 6.34. The number of pyridine rings is 1. The van der Waals surface area contributed by atoms with Gasteiger partial charge in [-0.1, -0.05) is 18.2 Å². The predicted octanol–water partition coefficient (Wildman–Crippen LogP) is 6.35. The van der Waals surface area contributed by atoms with Crippen molar-refractivity contribution in [2.24, 2.45) is 0 Å². The number of hydrogen-bond donors (Lipinski definition) is 0. The van der Waals surface area contributed by atoms with E-state index in [0.29, 0.717) is 5.28 Å². The topological polar surface area (TPSA) is 41.9 Å². The van der Waals surface area contributed by atoms with Crippen LogP contribution in [0.4, 0.5) is 5.82 Å². The Labute approximate surface area is 192 Å². The molecule has 1 aliphatic carbocycles. The van der Waals surface area contributed by atoms with Crippen molar-refractivity contribution >= 4 is 39.0 Å². The number of fused-ring (bicyclic) bond motifs is 2. The first-order chi connectivity index (χ1) is 15.2. The Morgan fingerprint density at radius 1 is 1.03 bits per heavy atom. The molecule has 0 fully saturated rings. The molecule has 0 spiro atoms. The van der Waals surface area contributed by atoms with Crippen LogP contribution in [0.1, 0.15) is 36.5 Å². The van der Waals surface area contributed by atoms with Crippen LogP contribution in [-0.4, -0.2) is 28.0 Å². The summed E-state index contributed by atoms with van der Waals surface area (Å²) < 4.78 is 0. The Kier molecular flexibility index (Phi) is 5.88. The maximum Gasteiger partial charge on any atom is 0.225 e. The van der Waals surface area contributed by atoms with Gasteiger partial charge in [-0.25, -0.2) is 4.98 Å². The molecule has 3 heterocycles. The zero-order chi connectivity index (χ0) is 21.2. The third kappa shape index (κ3) is 4.17. The van der Waals surface area contributed by atoms with E-state index in [9.17, 15) is 0 Å². The molecule has 5 rings (SSSR count). The molecule has 6 heteroatoms. The highest BCUT2D eigenvalue weighted by Crippen LogP contribution is 2.40. The Hall–Kier alpha value is -2.50. The number of rotatable bonds is 6. The number of aromatic nitrogens is 3. The summed E-state index contributed by atoms with van der Waals surface area (Å²) in [6, 6.07) is 11.1. The van der Waals surface area contributed by atoms with E-state index in [1.54, 1.807) is 11.3 Å². The lowest BCUT2D eigenvalue weighted by Gasteiger charge is -2.23. The summed E-state index contributed by atoms with van der Waals surface area (Å²) in [5, 5.41) is 3.63. The van der Waals surface area contributed by atoms with Gasteiger partial charge in [-0.2, -0.15) is 4.98 Å². The molecule has 4 aromatic rings. The predicted molar refractivity (Wildman–Crippen MR) is 130 cm³/mol. The van der Waals surface area contributed by atoms with Crippen LogP contribution in [-0.2, 0) is 19.3 Å². The average molecular weight is 449 g/mol.